The summed E-state index contributed by atoms with van der Waals surface area (Å²) in [6, 6.07) is 0. The number of carbonyl (C=O) groups is 1. The summed E-state index contributed by atoms with van der Waals surface area (Å²) in [5.41, 5.74) is -3.64. The molecule has 0 bridgehead atoms. The summed E-state index contributed by atoms with van der Waals surface area (Å²) in [7, 11) is 0.985. The average molecular weight is 348 g/mol. The van der Waals surface area contributed by atoms with Gasteiger partial charge >= 0.3 is 12.1 Å². The van der Waals surface area contributed by atoms with Gasteiger partial charge in [0.1, 0.15) is 5.69 Å². The van der Waals surface area contributed by atoms with Crippen LogP contribution in [0.5, 0.6) is 0 Å². The molecule has 1 aromatic heterocycles. The predicted molar refractivity (Wildman–Crippen MR) is 57.6 cm³/mol. The van der Waals surface area contributed by atoms with Crippen LogP contribution in [0.2, 0.25) is 0 Å². The molecular weight excluding hydrogens is 341 g/mol. The van der Waals surface area contributed by atoms with Gasteiger partial charge in [0.2, 0.25) is 0 Å². The molecule has 0 N–H and O–H groups in total. The molecule has 1 heterocycles. The van der Waals surface area contributed by atoms with Crippen LogP contribution in [0.25, 0.3) is 0 Å². The van der Waals surface area contributed by atoms with Gasteiger partial charge in [-0.3, -0.25) is 9.78 Å². The van der Waals surface area contributed by atoms with E-state index in [0.717, 1.165) is 13.3 Å². The fraction of sp³-hybridized carbons (Fsp3) is 0.400. The van der Waals surface area contributed by atoms with E-state index in [-0.39, 0.29) is 4.47 Å². The van der Waals surface area contributed by atoms with Crippen molar-refractivity contribution in [3.05, 3.63) is 27.5 Å². The molecule has 0 aromatic carbocycles. The van der Waals surface area contributed by atoms with Crippen molar-refractivity contribution in [3.63, 3.8) is 0 Å². The highest BCUT2D eigenvalue weighted by atomic mass is 79.9. The molecule has 0 aliphatic rings. The number of alkyl halides is 5. The molecule has 1 rings (SSSR count). The van der Waals surface area contributed by atoms with Crippen molar-refractivity contribution in [2.24, 2.45) is 0 Å². The SMILES string of the molecule is COC(=O)Cc1c(Br)cnc(C(F)F)c1C(F)(F)F. The van der Waals surface area contributed by atoms with E-state index in [1.54, 1.807) is 0 Å². The Balaban J connectivity index is 3.49. The van der Waals surface area contributed by atoms with Crippen LogP contribution < -0.4 is 0 Å². The Kier molecular flexibility index (Phi) is 4.83. The molecule has 0 amide bonds. The molecule has 0 saturated carbocycles. The molecule has 9 heteroatoms. The summed E-state index contributed by atoms with van der Waals surface area (Å²) in [6.45, 7) is 0. The Labute approximate surface area is 112 Å². The van der Waals surface area contributed by atoms with E-state index in [4.69, 9.17) is 0 Å². The number of nitrogens with zero attached hydrogens (tertiary/aromatic N) is 1. The molecule has 0 unspecified atom stereocenters. The fourth-order valence-electron chi connectivity index (χ4n) is 1.41. The van der Waals surface area contributed by atoms with Crippen LogP contribution in [0.4, 0.5) is 22.0 Å². The molecular formula is C10H7BrF5NO2. The third-order valence-corrected chi connectivity index (χ3v) is 2.89. The maximum Gasteiger partial charge on any atom is 0.418 e. The third-order valence-electron chi connectivity index (χ3n) is 2.20. The van der Waals surface area contributed by atoms with Crippen molar-refractivity contribution < 1.29 is 31.5 Å². The Bertz CT molecular complexity index is 490. The second-order valence-corrected chi connectivity index (χ2v) is 4.25. The Morgan fingerprint density at radius 1 is 1.47 bits per heavy atom. The standard InChI is InChI=1S/C10H7BrF5NO2/c1-19-6(18)2-4-5(11)3-17-8(9(12)13)7(4)10(14,15)16/h3,9H,2H2,1H3. The van der Waals surface area contributed by atoms with Crippen molar-refractivity contribution in [1.82, 2.24) is 4.98 Å². The van der Waals surface area contributed by atoms with E-state index in [2.05, 4.69) is 25.7 Å². The summed E-state index contributed by atoms with van der Waals surface area (Å²) in [5.74, 6) is -0.974. The van der Waals surface area contributed by atoms with Crippen molar-refractivity contribution in [2.75, 3.05) is 7.11 Å². The second kappa shape index (κ2) is 5.81. The lowest BCUT2D eigenvalue weighted by molar-refractivity contribution is -0.142. The molecule has 0 radical (unpaired) electrons. The molecule has 0 fully saturated rings. The van der Waals surface area contributed by atoms with E-state index in [9.17, 15) is 26.7 Å². The maximum atomic E-state index is 12.9. The minimum absolute atomic E-state index is 0.186. The zero-order valence-corrected chi connectivity index (χ0v) is 11.0. The summed E-state index contributed by atoms with van der Waals surface area (Å²) in [6.07, 6.45) is -8.43. The van der Waals surface area contributed by atoms with Crippen LogP contribution in [-0.4, -0.2) is 18.1 Å². The van der Waals surface area contributed by atoms with Gasteiger partial charge in [0.25, 0.3) is 6.43 Å². The van der Waals surface area contributed by atoms with Crippen LogP contribution >= 0.6 is 15.9 Å². The number of hydrogen-bond acceptors (Lipinski definition) is 3. The van der Waals surface area contributed by atoms with Crippen molar-refractivity contribution in [2.45, 2.75) is 19.0 Å². The van der Waals surface area contributed by atoms with Crippen LogP contribution in [-0.2, 0) is 22.1 Å². The van der Waals surface area contributed by atoms with Gasteiger partial charge in [-0.05, 0) is 21.5 Å². The molecule has 19 heavy (non-hydrogen) atoms. The number of rotatable bonds is 3. The zero-order chi connectivity index (χ0) is 14.8. The van der Waals surface area contributed by atoms with Gasteiger partial charge in [0.05, 0.1) is 19.1 Å². The lowest BCUT2D eigenvalue weighted by atomic mass is 10.0. The van der Waals surface area contributed by atoms with Gasteiger partial charge in [-0.25, -0.2) is 8.78 Å². The number of hydrogen-bond donors (Lipinski definition) is 0. The lowest BCUT2D eigenvalue weighted by Gasteiger charge is -2.17. The third kappa shape index (κ3) is 3.62. The number of esters is 1. The molecule has 106 valence electrons. The Morgan fingerprint density at radius 3 is 2.47 bits per heavy atom. The quantitative estimate of drug-likeness (QED) is 0.620. The molecule has 3 nitrogen and oxygen atoms in total. The number of carbonyl (C=O) groups excluding carboxylic acids is 1. The second-order valence-electron chi connectivity index (χ2n) is 3.40. The van der Waals surface area contributed by atoms with E-state index >= 15 is 0 Å². The smallest absolute Gasteiger partial charge is 0.418 e. The van der Waals surface area contributed by atoms with Crippen molar-refractivity contribution >= 4 is 21.9 Å². The Morgan fingerprint density at radius 2 is 2.05 bits per heavy atom. The van der Waals surface area contributed by atoms with Crippen LogP contribution in [0, 0.1) is 0 Å². The van der Waals surface area contributed by atoms with Gasteiger partial charge in [-0.1, -0.05) is 0 Å². The highest BCUT2D eigenvalue weighted by Gasteiger charge is 2.40. The van der Waals surface area contributed by atoms with Crippen LogP contribution in [0.3, 0.4) is 0 Å². The van der Waals surface area contributed by atoms with Gasteiger partial charge < -0.3 is 4.74 Å². The monoisotopic (exact) mass is 347 g/mol. The maximum absolute atomic E-state index is 12.9. The number of aromatic nitrogens is 1. The molecule has 0 saturated heterocycles. The summed E-state index contributed by atoms with van der Waals surface area (Å²) in [4.78, 5) is 14.1. The highest BCUT2D eigenvalue weighted by molar-refractivity contribution is 9.10. The van der Waals surface area contributed by atoms with Crippen LogP contribution in [0.1, 0.15) is 23.2 Å². The molecule has 1 aromatic rings. The normalized spacial score (nSPS) is 11.8. The number of pyridine rings is 1. The number of halogens is 6. The van der Waals surface area contributed by atoms with Gasteiger partial charge in [0.15, 0.2) is 0 Å². The summed E-state index contributed by atoms with van der Waals surface area (Å²) >= 11 is 2.77. The van der Waals surface area contributed by atoms with Gasteiger partial charge in [-0.2, -0.15) is 13.2 Å². The highest BCUT2D eigenvalue weighted by Crippen LogP contribution is 2.40. The minimum Gasteiger partial charge on any atom is -0.469 e. The summed E-state index contributed by atoms with van der Waals surface area (Å²) in [5, 5.41) is 0. The fourth-order valence-corrected chi connectivity index (χ4v) is 1.85. The van der Waals surface area contributed by atoms with Crippen molar-refractivity contribution in [3.8, 4) is 0 Å². The first-order valence-electron chi connectivity index (χ1n) is 4.78. The summed E-state index contributed by atoms with van der Waals surface area (Å²) < 4.78 is 67.8. The topological polar surface area (TPSA) is 39.2 Å². The van der Waals surface area contributed by atoms with Crippen molar-refractivity contribution in [1.29, 1.82) is 0 Å². The van der Waals surface area contributed by atoms with E-state index < -0.39 is 41.8 Å². The lowest BCUT2D eigenvalue weighted by Crippen LogP contribution is -2.18. The predicted octanol–water partition coefficient (Wildman–Crippen LogP) is 3.52. The number of methoxy groups -OCH3 is 1. The first kappa shape index (κ1) is 15.8. The Hall–Kier alpha value is -1.25. The molecule has 0 aliphatic heterocycles. The van der Waals surface area contributed by atoms with Gasteiger partial charge in [-0.15, -0.1) is 0 Å². The largest absolute Gasteiger partial charge is 0.469 e. The van der Waals surface area contributed by atoms with Gasteiger partial charge in [0, 0.05) is 10.7 Å². The van der Waals surface area contributed by atoms with Crippen LogP contribution in [0.15, 0.2) is 10.7 Å². The van der Waals surface area contributed by atoms with E-state index in [1.807, 2.05) is 0 Å². The number of ether oxygens (including phenoxy) is 1. The first-order chi connectivity index (χ1) is 8.68. The molecule has 0 atom stereocenters. The minimum atomic E-state index is -5.05. The first-order valence-corrected chi connectivity index (χ1v) is 5.57. The van der Waals surface area contributed by atoms with E-state index in [0.29, 0.717) is 0 Å². The molecule has 0 spiro atoms. The molecule has 0 aliphatic carbocycles. The zero-order valence-electron chi connectivity index (χ0n) is 9.39. The average Bonchev–Trinajstić information content (AvgIpc) is 2.29. The van der Waals surface area contributed by atoms with E-state index in [1.165, 1.54) is 0 Å².